The summed E-state index contributed by atoms with van der Waals surface area (Å²) < 4.78 is 0. The summed E-state index contributed by atoms with van der Waals surface area (Å²) >= 11 is 1.67. The standard InChI is InChI=1S/C16H30N2OS.2ClH/c1-12(2)5-4-6-13(3)18-10-16(19)15(17)9-14-7-8-20-11-14;;/h7-8,11-13,15-16,18-19H,4-6,9-10,17H2,1-3H3;2*1H/t13?,15-,16+;;/m0../s1. The third kappa shape index (κ3) is 10.8. The number of hydrogen-bond donors (Lipinski definition) is 3. The Labute approximate surface area is 151 Å². The van der Waals surface area contributed by atoms with Crippen molar-refractivity contribution in [1.82, 2.24) is 5.32 Å². The Bertz CT molecular complexity index is 350. The molecular formula is C16H32Cl2N2OS. The van der Waals surface area contributed by atoms with Gasteiger partial charge in [0, 0.05) is 18.6 Å². The highest BCUT2D eigenvalue weighted by molar-refractivity contribution is 7.07. The Morgan fingerprint density at radius 1 is 1.23 bits per heavy atom. The zero-order valence-electron chi connectivity index (χ0n) is 13.8. The van der Waals surface area contributed by atoms with Crippen molar-refractivity contribution in [2.75, 3.05) is 6.54 Å². The van der Waals surface area contributed by atoms with Gasteiger partial charge >= 0.3 is 0 Å². The van der Waals surface area contributed by atoms with Crippen molar-refractivity contribution in [3.8, 4) is 0 Å². The average Bonchev–Trinajstić information content (AvgIpc) is 2.88. The molecule has 3 nitrogen and oxygen atoms in total. The number of rotatable bonds is 10. The molecule has 0 radical (unpaired) electrons. The number of halogens is 2. The largest absolute Gasteiger partial charge is 0.390 e. The van der Waals surface area contributed by atoms with E-state index in [2.05, 4.69) is 37.5 Å². The second-order valence-electron chi connectivity index (χ2n) is 6.20. The van der Waals surface area contributed by atoms with Crippen molar-refractivity contribution < 1.29 is 5.11 Å². The third-order valence-corrected chi connectivity index (χ3v) is 4.37. The van der Waals surface area contributed by atoms with E-state index < -0.39 is 6.10 Å². The number of thiophene rings is 1. The fraction of sp³-hybridized carbons (Fsp3) is 0.750. The summed E-state index contributed by atoms with van der Waals surface area (Å²) in [6, 6.07) is 2.32. The quantitative estimate of drug-likeness (QED) is 0.589. The van der Waals surface area contributed by atoms with Gasteiger partial charge in [0.2, 0.25) is 0 Å². The highest BCUT2D eigenvalue weighted by Crippen LogP contribution is 2.10. The van der Waals surface area contributed by atoms with E-state index in [1.54, 1.807) is 11.3 Å². The molecule has 0 aliphatic rings. The molecule has 1 aromatic rings. The lowest BCUT2D eigenvalue weighted by molar-refractivity contribution is 0.138. The highest BCUT2D eigenvalue weighted by atomic mass is 35.5. The molecule has 0 aliphatic heterocycles. The first-order valence-electron chi connectivity index (χ1n) is 7.67. The van der Waals surface area contributed by atoms with Gasteiger partial charge in [0.15, 0.2) is 0 Å². The van der Waals surface area contributed by atoms with Crippen molar-refractivity contribution >= 4 is 36.2 Å². The number of aliphatic hydroxyl groups is 1. The Balaban J connectivity index is 0. The molecule has 0 fully saturated rings. The molecule has 1 aromatic heterocycles. The number of aliphatic hydroxyl groups excluding tert-OH is 1. The van der Waals surface area contributed by atoms with Gasteiger partial charge in [-0.1, -0.05) is 26.7 Å². The number of nitrogens with two attached hydrogens (primary N) is 1. The predicted octanol–water partition coefficient (Wildman–Crippen LogP) is 3.63. The van der Waals surface area contributed by atoms with E-state index in [1.165, 1.54) is 18.4 Å². The molecule has 132 valence electrons. The molecule has 0 saturated carbocycles. The molecule has 0 bridgehead atoms. The Kier molecular flexibility index (Phi) is 15.1. The molecule has 1 heterocycles. The van der Waals surface area contributed by atoms with Gasteiger partial charge in [-0.05, 0) is 48.1 Å². The van der Waals surface area contributed by atoms with Crippen LogP contribution in [0.3, 0.4) is 0 Å². The van der Waals surface area contributed by atoms with Gasteiger partial charge in [0.05, 0.1) is 6.10 Å². The van der Waals surface area contributed by atoms with Gasteiger partial charge in [-0.2, -0.15) is 11.3 Å². The van der Waals surface area contributed by atoms with Crippen molar-refractivity contribution in [3.63, 3.8) is 0 Å². The highest BCUT2D eigenvalue weighted by Gasteiger charge is 2.16. The van der Waals surface area contributed by atoms with Crippen LogP contribution in [0.15, 0.2) is 16.8 Å². The van der Waals surface area contributed by atoms with Crippen molar-refractivity contribution in [1.29, 1.82) is 0 Å². The first-order valence-corrected chi connectivity index (χ1v) is 8.61. The van der Waals surface area contributed by atoms with Crippen molar-refractivity contribution in [2.24, 2.45) is 11.7 Å². The smallest absolute Gasteiger partial charge is 0.0818 e. The lowest BCUT2D eigenvalue weighted by Crippen LogP contribution is -2.45. The van der Waals surface area contributed by atoms with Crippen LogP contribution in [0.1, 0.15) is 45.6 Å². The molecular weight excluding hydrogens is 339 g/mol. The molecule has 4 N–H and O–H groups in total. The van der Waals surface area contributed by atoms with Gasteiger partial charge in [-0.25, -0.2) is 0 Å². The normalized spacial score (nSPS) is 14.8. The SMILES string of the molecule is CC(C)CCCC(C)NC[C@@H](O)[C@@H](N)Cc1ccsc1.Cl.Cl. The Morgan fingerprint density at radius 2 is 1.91 bits per heavy atom. The van der Waals surface area contributed by atoms with Crippen LogP contribution in [-0.2, 0) is 6.42 Å². The molecule has 6 heteroatoms. The van der Waals surface area contributed by atoms with Crippen molar-refractivity contribution in [3.05, 3.63) is 22.4 Å². The lowest BCUT2D eigenvalue weighted by atomic mass is 10.0. The first-order chi connectivity index (χ1) is 9.49. The lowest BCUT2D eigenvalue weighted by Gasteiger charge is -2.22. The van der Waals surface area contributed by atoms with E-state index in [9.17, 15) is 5.11 Å². The summed E-state index contributed by atoms with van der Waals surface area (Å²) in [6.07, 6.45) is 3.93. The minimum absolute atomic E-state index is 0. The van der Waals surface area contributed by atoms with Crippen LogP contribution in [0.5, 0.6) is 0 Å². The topological polar surface area (TPSA) is 58.3 Å². The van der Waals surface area contributed by atoms with E-state index in [-0.39, 0.29) is 30.9 Å². The van der Waals surface area contributed by atoms with Gasteiger partial charge < -0.3 is 16.2 Å². The number of nitrogens with one attached hydrogen (secondary N) is 1. The number of hydrogen-bond acceptors (Lipinski definition) is 4. The van der Waals surface area contributed by atoms with Gasteiger partial charge in [-0.3, -0.25) is 0 Å². The molecule has 3 atom stereocenters. The van der Waals surface area contributed by atoms with E-state index in [0.717, 1.165) is 18.8 Å². The van der Waals surface area contributed by atoms with Gasteiger partial charge in [-0.15, -0.1) is 24.8 Å². The van der Waals surface area contributed by atoms with Gasteiger partial charge in [0.25, 0.3) is 0 Å². The maximum atomic E-state index is 10.1. The van der Waals surface area contributed by atoms with Crippen LogP contribution < -0.4 is 11.1 Å². The molecule has 1 unspecified atom stereocenters. The zero-order chi connectivity index (χ0) is 15.0. The van der Waals surface area contributed by atoms with E-state index in [1.807, 2.05) is 5.38 Å². The molecule has 0 aromatic carbocycles. The molecule has 0 aliphatic carbocycles. The Morgan fingerprint density at radius 3 is 2.45 bits per heavy atom. The van der Waals surface area contributed by atoms with Gasteiger partial charge in [0.1, 0.15) is 0 Å². The maximum Gasteiger partial charge on any atom is 0.0818 e. The van der Waals surface area contributed by atoms with Crippen LogP contribution in [-0.4, -0.2) is 29.8 Å². The van der Waals surface area contributed by atoms with E-state index in [4.69, 9.17) is 5.73 Å². The predicted molar refractivity (Wildman–Crippen MR) is 103 cm³/mol. The summed E-state index contributed by atoms with van der Waals surface area (Å²) in [4.78, 5) is 0. The molecule has 22 heavy (non-hydrogen) atoms. The van der Waals surface area contributed by atoms with Crippen LogP contribution in [0.2, 0.25) is 0 Å². The summed E-state index contributed by atoms with van der Waals surface area (Å²) in [5, 5.41) is 17.6. The fourth-order valence-electron chi connectivity index (χ4n) is 2.22. The van der Waals surface area contributed by atoms with E-state index >= 15 is 0 Å². The second kappa shape index (κ2) is 13.6. The molecule has 0 saturated heterocycles. The van der Waals surface area contributed by atoms with Crippen LogP contribution >= 0.6 is 36.2 Å². The molecule has 0 amide bonds. The minimum atomic E-state index is -0.484. The van der Waals surface area contributed by atoms with Crippen LogP contribution in [0.4, 0.5) is 0 Å². The minimum Gasteiger partial charge on any atom is -0.390 e. The first kappa shape index (κ1) is 24.4. The monoisotopic (exact) mass is 370 g/mol. The molecule has 1 rings (SSSR count). The Hall–Kier alpha value is 0.160. The maximum absolute atomic E-state index is 10.1. The van der Waals surface area contributed by atoms with Crippen LogP contribution in [0, 0.1) is 5.92 Å². The summed E-state index contributed by atoms with van der Waals surface area (Å²) in [7, 11) is 0. The summed E-state index contributed by atoms with van der Waals surface area (Å²) in [6.45, 7) is 7.27. The van der Waals surface area contributed by atoms with Crippen LogP contribution in [0.25, 0.3) is 0 Å². The summed E-state index contributed by atoms with van der Waals surface area (Å²) in [5.74, 6) is 0.770. The second-order valence-corrected chi connectivity index (χ2v) is 6.98. The molecule has 0 spiro atoms. The third-order valence-electron chi connectivity index (χ3n) is 3.64. The van der Waals surface area contributed by atoms with Crippen molar-refractivity contribution in [2.45, 2.75) is 64.6 Å². The van der Waals surface area contributed by atoms with E-state index in [0.29, 0.717) is 12.6 Å². The zero-order valence-corrected chi connectivity index (χ0v) is 16.3. The average molecular weight is 371 g/mol. The fourth-order valence-corrected chi connectivity index (χ4v) is 2.91. The summed E-state index contributed by atoms with van der Waals surface area (Å²) in [5.41, 5.74) is 7.26.